The SMILES string of the molecule is CCNC(=O)c1cc2c(C(=NOCCN3CCCC3=O)c3ccco3)nc(N)nc2s1. The maximum Gasteiger partial charge on any atom is 0.261 e. The van der Waals surface area contributed by atoms with Crippen LogP contribution in [0.25, 0.3) is 10.2 Å². The summed E-state index contributed by atoms with van der Waals surface area (Å²) >= 11 is 1.22. The van der Waals surface area contributed by atoms with E-state index in [1.54, 1.807) is 23.1 Å². The summed E-state index contributed by atoms with van der Waals surface area (Å²) in [5.41, 5.74) is 6.66. The molecular weight excluding hydrogens is 420 g/mol. The van der Waals surface area contributed by atoms with Crippen LogP contribution in [0.5, 0.6) is 0 Å². The Hall–Kier alpha value is -3.47. The molecule has 0 bridgehead atoms. The molecule has 4 rings (SSSR count). The highest BCUT2D eigenvalue weighted by molar-refractivity contribution is 7.20. The molecule has 0 aromatic carbocycles. The Labute approximate surface area is 182 Å². The number of carbonyl (C=O) groups is 2. The molecule has 31 heavy (non-hydrogen) atoms. The van der Waals surface area contributed by atoms with Crippen molar-refractivity contribution in [1.82, 2.24) is 20.2 Å². The van der Waals surface area contributed by atoms with Gasteiger partial charge < -0.3 is 25.2 Å². The van der Waals surface area contributed by atoms with Crippen LogP contribution in [0, 0.1) is 0 Å². The van der Waals surface area contributed by atoms with Gasteiger partial charge in [0.15, 0.2) is 11.5 Å². The zero-order chi connectivity index (χ0) is 21.8. The van der Waals surface area contributed by atoms with Crippen molar-refractivity contribution in [3.05, 3.63) is 40.8 Å². The van der Waals surface area contributed by atoms with E-state index in [9.17, 15) is 9.59 Å². The van der Waals surface area contributed by atoms with Gasteiger partial charge in [-0.25, -0.2) is 9.97 Å². The van der Waals surface area contributed by atoms with Gasteiger partial charge >= 0.3 is 0 Å². The Morgan fingerprint density at radius 3 is 3.03 bits per heavy atom. The molecule has 3 N–H and O–H groups in total. The number of aromatic nitrogens is 2. The van der Waals surface area contributed by atoms with Crippen LogP contribution in [-0.2, 0) is 9.63 Å². The molecule has 162 valence electrons. The molecule has 0 saturated carbocycles. The molecule has 2 amide bonds. The number of nitrogens with one attached hydrogen (secondary N) is 1. The molecular formula is C20H22N6O4S. The second-order valence-corrected chi connectivity index (χ2v) is 7.88. The lowest BCUT2D eigenvalue weighted by molar-refractivity contribution is -0.128. The highest BCUT2D eigenvalue weighted by atomic mass is 32.1. The molecule has 10 nitrogen and oxygen atoms in total. The van der Waals surface area contributed by atoms with Gasteiger partial charge in [0.25, 0.3) is 5.91 Å². The maximum absolute atomic E-state index is 12.3. The fourth-order valence-corrected chi connectivity index (χ4v) is 4.25. The van der Waals surface area contributed by atoms with Crippen LogP contribution in [0.4, 0.5) is 5.95 Å². The predicted octanol–water partition coefficient (Wildman–Crippen LogP) is 2.01. The second kappa shape index (κ2) is 9.13. The van der Waals surface area contributed by atoms with Crippen molar-refractivity contribution in [2.45, 2.75) is 19.8 Å². The van der Waals surface area contributed by atoms with E-state index >= 15 is 0 Å². The molecule has 4 heterocycles. The Balaban J connectivity index is 1.66. The van der Waals surface area contributed by atoms with Crippen LogP contribution in [0.1, 0.15) is 40.9 Å². The number of anilines is 1. The minimum absolute atomic E-state index is 0.0497. The van der Waals surface area contributed by atoms with Crippen molar-refractivity contribution < 1.29 is 18.8 Å². The first-order valence-corrected chi connectivity index (χ1v) is 10.8. The minimum Gasteiger partial charge on any atom is -0.463 e. The Morgan fingerprint density at radius 2 is 2.32 bits per heavy atom. The average molecular weight is 443 g/mol. The molecule has 0 unspecified atom stereocenters. The molecule has 3 aromatic rings. The van der Waals surface area contributed by atoms with Crippen LogP contribution in [0.2, 0.25) is 0 Å². The van der Waals surface area contributed by atoms with E-state index in [1.807, 2.05) is 6.92 Å². The number of likely N-dealkylation sites (tertiary alicyclic amines) is 1. The summed E-state index contributed by atoms with van der Waals surface area (Å²) in [5, 5.41) is 7.64. The van der Waals surface area contributed by atoms with Crippen LogP contribution in [0.3, 0.4) is 0 Å². The quantitative estimate of drug-likeness (QED) is 0.309. The van der Waals surface area contributed by atoms with E-state index in [4.69, 9.17) is 15.0 Å². The summed E-state index contributed by atoms with van der Waals surface area (Å²) in [4.78, 5) is 41.0. The smallest absolute Gasteiger partial charge is 0.261 e. The molecule has 0 radical (unpaired) electrons. The number of nitrogens with zero attached hydrogens (tertiary/aromatic N) is 4. The fourth-order valence-electron chi connectivity index (χ4n) is 3.30. The number of hydrogen-bond donors (Lipinski definition) is 2. The number of oxime groups is 1. The van der Waals surface area contributed by atoms with E-state index < -0.39 is 0 Å². The van der Waals surface area contributed by atoms with Crippen molar-refractivity contribution in [2.75, 3.05) is 32.0 Å². The minimum atomic E-state index is -0.196. The number of amides is 2. The predicted molar refractivity (Wildman–Crippen MR) is 116 cm³/mol. The zero-order valence-electron chi connectivity index (χ0n) is 17.0. The average Bonchev–Trinajstić information content (AvgIpc) is 3.49. The molecule has 3 aromatic heterocycles. The zero-order valence-corrected chi connectivity index (χ0v) is 17.8. The van der Waals surface area contributed by atoms with Gasteiger partial charge in [0.2, 0.25) is 11.9 Å². The fraction of sp³-hybridized carbons (Fsp3) is 0.350. The number of nitrogen functional groups attached to an aromatic ring is 1. The number of furan rings is 1. The first kappa shape index (κ1) is 20.8. The number of hydrogen-bond acceptors (Lipinski definition) is 9. The number of thiophene rings is 1. The molecule has 0 atom stereocenters. The Morgan fingerprint density at radius 1 is 1.45 bits per heavy atom. The first-order chi connectivity index (χ1) is 15.1. The molecule has 1 aliphatic heterocycles. The molecule has 11 heteroatoms. The van der Waals surface area contributed by atoms with Crippen molar-refractivity contribution in [1.29, 1.82) is 0 Å². The third-order valence-corrected chi connectivity index (χ3v) is 5.76. The summed E-state index contributed by atoms with van der Waals surface area (Å²) in [5.74, 6) is 0.412. The first-order valence-electron chi connectivity index (χ1n) is 9.94. The highest BCUT2D eigenvalue weighted by Gasteiger charge is 2.22. The standard InChI is InChI=1S/C20H22N6O4S/c1-2-22-18(28)14-11-12-16(23-20(21)24-19(12)31-14)17(13-5-4-9-29-13)25-30-10-8-26-7-3-6-15(26)27/h4-5,9,11H,2-3,6-8,10H2,1H3,(H,22,28)(H2,21,23,24). The van der Waals surface area contributed by atoms with Crippen molar-refractivity contribution in [3.8, 4) is 0 Å². The van der Waals surface area contributed by atoms with Crippen LogP contribution >= 0.6 is 11.3 Å². The Bertz CT molecular complexity index is 1120. The van der Waals surface area contributed by atoms with Gasteiger partial charge in [0.1, 0.15) is 17.1 Å². The largest absolute Gasteiger partial charge is 0.463 e. The van der Waals surface area contributed by atoms with Crippen LogP contribution in [-0.4, -0.2) is 58.6 Å². The maximum atomic E-state index is 12.3. The summed E-state index contributed by atoms with van der Waals surface area (Å²) in [6, 6.07) is 5.16. The number of nitrogens with two attached hydrogens (primary N) is 1. The van der Waals surface area contributed by atoms with Gasteiger partial charge in [-0.3, -0.25) is 9.59 Å². The number of fused-ring (bicyclic) bond motifs is 1. The molecule has 0 spiro atoms. The van der Waals surface area contributed by atoms with Crippen molar-refractivity contribution in [3.63, 3.8) is 0 Å². The molecule has 1 fully saturated rings. The van der Waals surface area contributed by atoms with Gasteiger partial charge in [-0.1, -0.05) is 5.16 Å². The third kappa shape index (κ3) is 4.50. The summed E-state index contributed by atoms with van der Waals surface area (Å²) < 4.78 is 5.53. The van der Waals surface area contributed by atoms with E-state index in [2.05, 4.69) is 20.4 Å². The third-order valence-electron chi connectivity index (χ3n) is 4.73. The van der Waals surface area contributed by atoms with Gasteiger partial charge in [-0.2, -0.15) is 0 Å². The summed E-state index contributed by atoms with van der Waals surface area (Å²) in [6.07, 6.45) is 2.96. The lowest BCUT2D eigenvalue weighted by Crippen LogP contribution is -2.28. The number of carbonyl (C=O) groups excluding carboxylic acids is 2. The highest BCUT2D eigenvalue weighted by Crippen LogP contribution is 2.28. The Kier molecular flexibility index (Phi) is 6.12. The summed E-state index contributed by atoms with van der Waals surface area (Å²) in [7, 11) is 0. The molecule has 1 aliphatic rings. The van der Waals surface area contributed by atoms with E-state index in [1.165, 1.54) is 17.6 Å². The monoisotopic (exact) mass is 442 g/mol. The topological polar surface area (TPSA) is 136 Å². The second-order valence-electron chi connectivity index (χ2n) is 6.85. The normalized spacial score (nSPS) is 14.4. The molecule has 1 saturated heterocycles. The van der Waals surface area contributed by atoms with Gasteiger partial charge in [0.05, 0.1) is 17.7 Å². The van der Waals surface area contributed by atoms with Crippen molar-refractivity contribution in [2.24, 2.45) is 5.16 Å². The van der Waals surface area contributed by atoms with Gasteiger partial charge in [-0.05, 0) is 31.5 Å². The van der Waals surface area contributed by atoms with E-state index in [0.29, 0.717) is 51.8 Å². The van der Waals surface area contributed by atoms with E-state index in [-0.39, 0.29) is 24.4 Å². The summed E-state index contributed by atoms with van der Waals surface area (Å²) in [6.45, 7) is 3.78. The van der Waals surface area contributed by atoms with Crippen molar-refractivity contribution >= 4 is 45.0 Å². The lowest BCUT2D eigenvalue weighted by atomic mass is 10.1. The van der Waals surface area contributed by atoms with Gasteiger partial charge in [-0.15, -0.1) is 11.3 Å². The number of rotatable bonds is 8. The van der Waals surface area contributed by atoms with E-state index in [0.717, 1.165) is 13.0 Å². The molecule has 0 aliphatic carbocycles. The van der Waals surface area contributed by atoms with Crippen LogP contribution < -0.4 is 11.1 Å². The van der Waals surface area contributed by atoms with Crippen LogP contribution in [0.15, 0.2) is 34.0 Å². The lowest BCUT2D eigenvalue weighted by Gasteiger charge is -2.14. The van der Waals surface area contributed by atoms with Gasteiger partial charge in [0, 0.05) is 24.9 Å².